The molecule has 1 saturated carbocycles. The standard InChI is InChI=1S/C28H23ClFN5O3/c1-38-27-11-26(35(37)15-23(27)22-10-20(29)6-4-18(22)12-31)25(8-16-2-3-16)34-14-19(13-33-34)17-5-7-21(28(32)36)24(30)9-17/h4-7,9-11,13-16,25H,2-3,8H2,1H3,(H2-,32,36,37)/p+1. The minimum atomic E-state index is -0.834. The van der Waals surface area contributed by atoms with Crippen LogP contribution >= 0.6 is 11.6 Å². The molecule has 5 rings (SSSR count). The van der Waals surface area contributed by atoms with Crippen molar-refractivity contribution in [3.05, 3.63) is 88.7 Å². The second-order valence-corrected chi connectivity index (χ2v) is 9.73. The fraction of sp³-hybridized carbons (Fsp3) is 0.214. The highest BCUT2D eigenvalue weighted by Gasteiger charge is 2.35. The van der Waals surface area contributed by atoms with Crippen molar-refractivity contribution in [1.29, 1.82) is 5.26 Å². The molecular weight excluding hydrogens is 509 g/mol. The summed E-state index contributed by atoms with van der Waals surface area (Å²) in [5.41, 5.74) is 8.19. The summed E-state index contributed by atoms with van der Waals surface area (Å²) in [6, 6.07) is 12.6. The molecule has 1 aliphatic carbocycles. The van der Waals surface area contributed by atoms with E-state index in [1.807, 2.05) is 0 Å². The van der Waals surface area contributed by atoms with Crippen LogP contribution in [0.15, 0.2) is 61.1 Å². The van der Waals surface area contributed by atoms with Crippen LogP contribution in [0.2, 0.25) is 5.02 Å². The zero-order valence-corrected chi connectivity index (χ0v) is 21.2. The summed E-state index contributed by atoms with van der Waals surface area (Å²) < 4.78 is 22.8. The molecule has 0 bridgehead atoms. The summed E-state index contributed by atoms with van der Waals surface area (Å²) in [6.45, 7) is 0. The van der Waals surface area contributed by atoms with Crippen molar-refractivity contribution in [2.24, 2.45) is 11.7 Å². The van der Waals surface area contributed by atoms with Crippen LogP contribution in [0.25, 0.3) is 22.3 Å². The third-order valence-electron chi connectivity index (χ3n) is 6.76. The van der Waals surface area contributed by atoms with E-state index in [1.54, 1.807) is 47.4 Å². The second kappa shape index (κ2) is 10.1. The first-order valence-electron chi connectivity index (χ1n) is 12.0. The number of pyridine rings is 1. The summed E-state index contributed by atoms with van der Waals surface area (Å²) in [4.78, 5) is 11.4. The molecule has 3 N–H and O–H groups in total. The van der Waals surface area contributed by atoms with Gasteiger partial charge in [-0.2, -0.15) is 10.4 Å². The van der Waals surface area contributed by atoms with Gasteiger partial charge in [-0.05, 0) is 48.2 Å². The van der Waals surface area contributed by atoms with Crippen LogP contribution < -0.4 is 15.2 Å². The maximum atomic E-state index is 14.4. The number of carbonyl (C=O) groups excluding carboxylic acids is 1. The average molecular weight is 533 g/mol. The van der Waals surface area contributed by atoms with Crippen LogP contribution in [-0.4, -0.2) is 28.0 Å². The summed E-state index contributed by atoms with van der Waals surface area (Å²) in [6.07, 6.45) is 7.77. The number of nitrogens with zero attached hydrogens (tertiary/aromatic N) is 4. The molecule has 0 aliphatic heterocycles. The maximum Gasteiger partial charge on any atom is 0.262 e. The molecule has 1 unspecified atom stereocenters. The number of methoxy groups -OCH3 is 1. The van der Waals surface area contributed by atoms with Crippen molar-refractivity contribution in [3.63, 3.8) is 0 Å². The van der Waals surface area contributed by atoms with Crippen LogP contribution in [-0.2, 0) is 0 Å². The molecule has 1 amide bonds. The third kappa shape index (κ3) is 4.91. The Hall–Kier alpha value is -4.42. The number of nitrogens with two attached hydrogens (primary N) is 1. The number of primary amides is 1. The van der Waals surface area contributed by atoms with Gasteiger partial charge in [0.1, 0.15) is 17.6 Å². The Morgan fingerprint density at radius 3 is 2.74 bits per heavy atom. The molecule has 192 valence electrons. The molecule has 1 atom stereocenters. The molecule has 0 radical (unpaired) electrons. The van der Waals surface area contributed by atoms with Gasteiger partial charge in [0.15, 0.2) is 0 Å². The van der Waals surface area contributed by atoms with Gasteiger partial charge in [0, 0.05) is 27.1 Å². The number of carbonyl (C=O) groups is 1. The zero-order chi connectivity index (χ0) is 27.0. The van der Waals surface area contributed by atoms with Gasteiger partial charge in [-0.3, -0.25) is 14.7 Å². The number of halogens is 2. The Bertz CT molecular complexity index is 1590. The lowest BCUT2D eigenvalue weighted by atomic mass is 9.99. The normalized spacial score (nSPS) is 13.6. The van der Waals surface area contributed by atoms with Gasteiger partial charge in [-0.1, -0.05) is 30.5 Å². The minimum absolute atomic E-state index is 0.180. The Kier molecular flexibility index (Phi) is 6.74. The van der Waals surface area contributed by atoms with Crippen molar-refractivity contribution in [3.8, 4) is 34.1 Å². The summed E-state index contributed by atoms with van der Waals surface area (Å²) >= 11 is 6.19. The first-order chi connectivity index (χ1) is 18.3. The Balaban J connectivity index is 1.56. The average Bonchev–Trinajstić information content (AvgIpc) is 3.59. The Labute approximate surface area is 223 Å². The first kappa shape index (κ1) is 25.2. The third-order valence-corrected chi connectivity index (χ3v) is 6.99. The number of nitriles is 1. The topological polar surface area (TPSA) is 118 Å². The van der Waals surface area contributed by atoms with Gasteiger partial charge in [0.2, 0.25) is 6.20 Å². The fourth-order valence-electron chi connectivity index (χ4n) is 4.58. The molecule has 2 aromatic carbocycles. The summed E-state index contributed by atoms with van der Waals surface area (Å²) in [5.74, 6) is -0.604. The number of hydrogen-bond donors (Lipinski definition) is 2. The van der Waals surface area contributed by atoms with E-state index >= 15 is 0 Å². The lowest BCUT2D eigenvalue weighted by molar-refractivity contribution is -0.910. The number of benzene rings is 2. The van der Waals surface area contributed by atoms with Gasteiger partial charge >= 0.3 is 0 Å². The van der Waals surface area contributed by atoms with Gasteiger partial charge in [0.25, 0.3) is 11.6 Å². The number of hydrogen-bond acceptors (Lipinski definition) is 5. The van der Waals surface area contributed by atoms with Crippen LogP contribution in [0.1, 0.15) is 46.9 Å². The maximum absolute atomic E-state index is 14.4. The van der Waals surface area contributed by atoms with Crippen molar-refractivity contribution in [2.45, 2.75) is 25.3 Å². The highest BCUT2D eigenvalue weighted by Crippen LogP contribution is 2.41. The monoisotopic (exact) mass is 532 g/mol. The predicted octanol–water partition coefficient (Wildman–Crippen LogP) is 4.90. The molecule has 38 heavy (non-hydrogen) atoms. The Morgan fingerprint density at radius 1 is 1.29 bits per heavy atom. The molecule has 1 fully saturated rings. The van der Waals surface area contributed by atoms with Crippen molar-refractivity contribution in [2.75, 3.05) is 7.11 Å². The van der Waals surface area contributed by atoms with Crippen molar-refractivity contribution in [1.82, 2.24) is 9.78 Å². The van der Waals surface area contributed by atoms with Gasteiger partial charge in [0.05, 0.1) is 42.1 Å². The molecule has 0 saturated heterocycles. The van der Waals surface area contributed by atoms with Crippen molar-refractivity contribution < 1.29 is 23.9 Å². The second-order valence-electron chi connectivity index (χ2n) is 9.29. The number of amides is 1. The largest absolute Gasteiger partial charge is 0.496 e. The number of rotatable bonds is 8. The zero-order valence-electron chi connectivity index (χ0n) is 20.4. The summed E-state index contributed by atoms with van der Waals surface area (Å²) in [5, 5.41) is 25.7. The molecule has 4 aromatic rings. The SMILES string of the molecule is COc1cc(C(CC2CC2)n2cc(-c3ccc(C(N)=O)c(F)c3)cn2)[n+](O)cc1-c1cc(Cl)ccc1C#N. The molecule has 10 heteroatoms. The highest BCUT2D eigenvalue weighted by molar-refractivity contribution is 6.31. The number of ether oxygens (including phenoxy) is 1. The molecule has 8 nitrogen and oxygen atoms in total. The predicted molar refractivity (Wildman–Crippen MR) is 137 cm³/mol. The van der Waals surface area contributed by atoms with E-state index in [9.17, 15) is 19.7 Å². The molecular formula is C28H24ClFN5O3+. The minimum Gasteiger partial charge on any atom is -0.496 e. The molecule has 2 heterocycles. The van der Waals surface area contributed by atoms with E-state index < -0.39 is 11.7 Å². The van der Waals surface area contributed by atoms with Crippen LogP contribution in [0, 0.1) is 23.1 Å². The lowest BCUT2D eigenvalue weighted by Gasteiger charge is -2.16. The smallest absolute Gasteiger partial charge is 0.262 e. The van der Waals surface area contributed by atoms with E-state index in [1.165, 1.54) is 25.4 Å². The van der Waals surface area contributed by atoms with E-state index in [2.05, 4.69) is 11.2 Å². The van der Waals surface area contributed by atoms with E-state index in [0.717, 1.165) is 24.0 Å². The fourth-order valence-corrected chi connectivity index (χ4v) is 4.75. The van der Waals surface area contributed by atoms with Crippen LogP contribution in [0.5, 0.6) is 5.75 Å². The van der Waals surface area contributed by atoms with E-state index in [4.69, 9.17) is 22.1 Å². The first-order valence-corrected chi connectivity index (χ1v) is 12.3. The van der Waals surface area contributed by atoms with Gasteiger partial charge < -0.3 is 10.5 Å². The van der Waals surface area contributed by atoms with E-state index in [-0.39, 0.29) is 11.6 Å². The van der Waals surface area contributed by atoms with Crippen molar-refractivity contribution >= 4 is 17.5 Å². The lowest BCUT2D eigenvalue weighted by Crippen LogP contribution is -2.38. The van der Waals surface area contributed by atoms with Gasteiger partial charge in [-0.25, -0.2) is 4.39 Å². The van der Waals surface area contributed by atoms with Crippen LogP contribution in [0.4, 0.5) is 4.39 Å². The van der Waals surface area contributed by atoms with Crippen LogP contribution in [0.3, 0.4) is 0 Å². The Morgan fingerprint density at radius 2 is 2.08 bits per heavy atom. The molecule has 2 aromatic heterocycles. The summed E-state index contributed by atoms with van der Waals surface area (Å²) in [7, 11) is 1.52. The number of aromatic nitrogens is 3. The van der Waals surface area contributed by atoms with Gasteiger partial charge in [-0.15, -0.1) is 0 Å². The highest BCUT2D eigenvalue weighted by atomic mass is 35.5. The van der Waals surface area contributed by atoms with E-state index in [0.29, 0.717) is 50.2 Å². The molecule has 0 spiro atoms. The molecule has 1 aliphatic rings. The quantitative estimate of drug-likeness (QED) is 0.247.